The highest BCUT2D eigenvalue weighted by molar-refractivity contribution is 9.10. The highest BCUT2D eigenvalue weighted by Gasteiger charge is 2.15. The van der Waals surface area contributed by atoms with Gasteiger partial charge in [0.2, 0.25) is 10.0 Å². The van der Waals surface area contributed by atoms with Crippen molar-refractivity contribution in [3.05, 3.63) is 28.2 Å². The number of sulfone groups is 1. The van der Waals surface area contributed by atoms with Gasteiger partial charge in [-0.05, 0) is 34.1 Å². The van der Waals surface area contributed by atoms with Gasteiger partial charge in [0, 0.05) is 10.7 Å². The Kier molecular flexibility index (Phi) is 4.95. The van der Waals surface area contributed by atoms with Crippen molar-refractivity contribution in [2.24, 2.45) is 0 Å². The Labute approximate surface area is 120 Å². The molecule has 104 valence electrons. The summed E-state index contributed by atoms with van der Waals surface area (Å²) in [5.74, 6) is -0.964. The first-order valence-corrected chi connectivity index (χ1v) is 9.51. The predicted octanol–water partition coefficient (Wildman–Crippen LogP) is 1.11. The number of hydrogen-bond donors (Lipinski definition) is 1. The first kappa shape index (κ1) is 15.9. The smallest absolute Gasteiger partial charge is 0.233 e. The van der Waals surface area contributed by atoms with Crippen molar-refractivity contribution in [1.82, 2.24) is 0 Å². The molecule has 0 heterocycles. The topological polar surface area (TPSA) is 104 Å². The lowest BCUT2D eigenvalue weighted by Crippen LogP contribution is -2.22. The zero-order valence-electron chi connectivity index (χ0n) is 9.92. The van der Waals surface area contributed by atoms with Crippen LogP contribution in [0.1, 0.15) is 5.56 Å². The monoisotopic (exact) mass is 366 g/mol. The fourth-order valence-electron chi connectivity index (χ4n) is 1.15. The first-order chi connectivity index (χ1) is 8.63. The van der Waals surface area contributed by atoms with Crippen LogP contribution >= 0.6 is 15.9 Å². The molecule has 1 N–H and O–H groups in total. The summed E-state index contributed by atoms with van der Waals surface area (Å²) in [7, 11) is -7.10. The van der Waals surface area contributed by atoms with E-state index in [1.54, 1.807) is 0 Å². The normalized spacial score (nSPS) is 11.8. The fraction of sp³-hybridized carbons (Fsp3) is 0.300. The van der Waals surface area contributed by atoms with E-state index in [0.717, 1.165) is 6.26 Å². The summed E-state index contributed by atoms with van der Waals surface area (Å²) in [4.78, 5) is 0. The molecule has 1 aromatic carbocycles. The molecule has 0 unspecified atom stereocenters. The standard InChI is InChI=1S/C10H11BrN2O4S2/c1-18(14,15)4-5-19(16,17)13-10-3-2-8(7-12)6-9(10)11/h2-3,6,13H,4-5H2,1H3. The van der Waals surface area contributed by atoms with Crippen LogP contribution in [0.2, 0.25) is 0 Å². The Morgan fingerprint density at radius 3 is 2.37 bits per heavy atom. The van der Waals surface area contributed by atoms with Crippen molar-refractivity contribution in [3.63, 3.8) is 0 Å². The molecule has 0 aliphatic heterocycles. The van der Waals surface area contributed by atoms with Crippen molar-refractivity contribution >= 4 is 41.5 Å². The van der Waals surface area contributed by atoms with Crippen molar-refractivity contribution in [2.75, 3.05) is 22.5 Å². The van der Waals surface area contributed by atoms with Crippen molar-refractivity contribution < 1.29 is 16.8 Å². The first-order valence-electron chi connectivity index (χ1n) is 5.01. The van der Waals surface area contributed by atoms with Crippen molar-refractivity contribution in [1.29, 1.82) is 5.26 Å². The van der Waals surface area contributed by atoms with Crippen LogP contribution in [0.15, 0.2) is 22.7 Å². The van der Waals surface area contributed by atoms with Crippen LogP contribution in [0.25, 0.3) is 0 Å². The van der Waals surface area contributed by atoms with Crippen LogP contribution in [0.4, 0.5) is 5.69 Å². The molecule has 0 spiro atoms. The summed E-state index contributed by atoms with van der Waals surface area (Å²) < 4.78 is 47.9. The van der Waals surface area contributed by atoms with E-state index in [4.69, 9.17) is 5.26 Å². The molecule has 19 heavy (non-hydrogen) atoms. The minimum Gasteiger partial charge on any atom is -0.282 e. The lowest BCUT2D eigenvalue weighted by molar-refractivity contribution is 0.593. The number of nitrogens with one attached hydrogen (secondary N) is 1. The molecule has 0 bridgehead atoms. The van der Waals surface area contributed by atoms with E-state index < -0.39 is 31.4 Å². The number of anilines is 1. The minimum atomic E-state index is -3.75. The summed E-state index contributed by atoms with van der Waals surface area (Å²) >= 11 is 3.13. The Balaban J connectivity index is 2.88. The highest BCUT2D eigenvalue weighted by Crippen LogP contribution is 2.24. The average molecular weight is 367 g/mol. The molecule has 6 nitrogen and oxygen atoms in total. The van der Waals surface area contributed by atoms with E-state index in [1.165, 1.54) is 18.2 Å². The van der Waals surface area contributed by atoms with Crippen LogP contribution in [0, 0.1) is 11.3 Å². The SMILES string of the molecule is CS(=O)(=O)CCS(=O)(=O)Nc1ccc(C#N)cc1Br. The molecule has 0 aliphatic rings. The van der Waals surface area contributed by atoms with Crippen LogP contribution in [0.5, 0.6) is 0 Å². The van der Waals surface area contributed by atoms with E-state index in [1.807, 2.05) is 6.07 Å². The van der Waals surface area contributed by atoms with Gasteiger partial charge in [0.15, 0.2) is 0 Å². The Bertz CT molecular complexity index is 720. The summed E-state index contributed by atoms with van der Waals surface area (Å²) in [6, 6.07) is 6.27. The van der Waals surface area contributed by atoms with Gasteiger partial charge < -0.3 is 0 Å². The Hall–Kier alpha value is -1.11. The van der Waals surface area contributed by atoms with E-state index in [-0.39, 0.29) is 5.69 Å². The number of sulfonamides is 1. The van der Waals surface area contributed by atoms with E-state index in [9.17, 15) is 16.8 Å². The number of hydrogen-bond acceptors (Lipinski definition) is 5. The highest BCUT2D eigenvalue weighted by atomic mass is 79.9. The predicted molar refractivity (Wildman–Crippen MR) is 76.0 cm³/mol. The molecule has 1 aromatic rings. The maximum atomic E-state index is 11.7. The second kappa shape index (κ2) is 5.90. The lowest BCUT2D eigenvalue weighted by atomic mass is 10.2. The second-order valence-electron chi connectivity index (χ2n) is 3.86. The third kappa shape index (κ3) is 5.59. The van der Waals surface area contributed by atoms with E-state index in [2.05, 4.69) is 20.7 Å². The molecule has 0 aromatic heterocycles. The van der Waals surface area contributed by atoms with Gasteiger partial charge in [-0.1, -0.05) is 0 Å². The fourth-order valence-corrected chi connectivity index (χ4v) is 4.46. The molecule has 0 saturated heterocycles. The Morgan fingerprint density at radius 2 is 1.89 bits per heavy atom. The molecule has 0 amide bonds. The summed E-state index contributed by atoms with van der Waals surface area (Å²) in [6.45, 7) is 0. The molecule has 1 rings (SSSR count). The third-order valence-corrected chi connectivity index (χ3v) is 5.22. The quantitative estimate of drug-likeness (QED) is 0.840. The minimum absolute atomic E-state index is 0.257. The number of nitrogens with zero attached hydrogens (tertiary/aromatic N) is 1. The van der Waals surface area contributed by atoms with Gasteiger partial charge in [-0.15, -0.1) is 0 Å². The van der Waals surface area contributed by atoms with Gasteiger partial charge in [-0.25, -0.2) is 16.8 Å². The molecule has 0 atom stereocenters. The lowest BCUT2D eigenvalue weighted by Gasteiger charge is -2.09. The number of benzene rings is 1. The van der Waals surface area contributed by atoms with Gasteiger partial charge in [-0.2, -0.15) is 5.26 Å². The molecule has 0 aliphatic carbocycles. The van der Waals surface area contributed by atoms with Gasteiger partial charge in [0.25, 0.3) is 0 Å². The number of halogens is 1. The van der Waals surface area contributed by atoms with Gasteiger partial charge in [-0.3, -0.25) is 4.72 Å². The van der Waals surface area contributed by atoms with Crippen LogP contribution in [-0.4, -0.2) is 34.6 Å². The van der Waals surface area contributed by atoms with Crippen molar-refractivity contribution in [2.45, 2.75) is 0 Å². The van der Waals surface area contributed by atoms with Crippen molar-refractivity contribution in [3.8, 4) is 6.07 Å². The molecule has 0 fully saturated rings. The van der Waals surface area contributed by atoms with E-state index in [0.29, 0.717) is 10.0 Å². The maximum Gasteiger partial charge on any atom is 0.233 e. The van der Waals surface area contributed by atoms with Gasteiger partial charge in [0.05, 0.1) is 28.8 Å². The Morgan fingerprint density at radius 1 is 1.26 bits per heavy atom. The molecule has 9 heteroatoms. The molecule has 0 radical (unpaired) electrons. The summed E-state index contributed by atoms with van der Waals surface area (Å²) in [5, 5.41) is 8.68. The zero-order valence-corrected chi connectivity index (χ0v) is 13.1. The second-order valence-corrected chi connectivity index (χ2v) is 8.81. The molecule has 0 saturated carbocycles. The van der Waals surface area contributed by atoms with Gasteiger partial charge in [0.1, 0.15) is 9.84 Å². The van der Waals surface area contributed by atoms with Crippen LogP contribution in [0.3, 0.4) is 0 Å². The summed E-state index contributed by atoms with van der Waals surface area (Å²) in [6.07, 6.45) is 0.972. The molecular formula is C10H11BrN2O4S2. The maximum absolute atomic E-state index is 11.7. The summed E-state index contributed by atoms with van der Waals surface area (Å²) in [5.41, 5.74) is 0.637. The largest absolute Gasteiger partial charge is 0.282 e. The zero-order chi connectivity index (χ0) is 14.7. The van der Waals surface area contributed by atoms with Crippen LogP contribution < -0.4 is 4.72 Å². The molecular weight excluding hydrogens is 356 g/mol. The van der Waals surface area contributed by atoms with Crippen LogP contribution in [-0.2, 0) is 19.9 Å². The number of nitriles is 1. The van der Waals surface area contributed by atoms with E-state index >= 15 is 0 Å². The third-order valence-electron chi connectivity index (χ3n) is 2.09. The number of rotatable bonds is 5. The van der Waals surface area contributed by atoms with Gasteiger partial charge >= 0.3 is 0 Å². The average Bonchev–Trinajstić information content (AvgIpc) is 2.28.